The summed E-state index contributed by atoms with van der Waals surface area (Å²) in [6.45, 7) is 1.64. The minimum Gasteiger partial charge on any atom is -0.496 e. The number of ether oxygens (including phenoxy) is 1. The molecule has 2 aromatic rings. The van der Waals surface area contributed by atoms with E-state index in [1.807, 2.05) is 24.3 Å². The summed E-state index contributed by atoms with van der Waals surface area (Å²) in [5, 5.41) is 20.4. The van der Waals surface area contributed by atoms with E-state index in [0.717, 1.165) is 5.56 Å². The van der Waals surface area contributed by atoms with E-state index in [1.54, 1.807) is 7.11 Å². The molecular weight excluding hydrogens is 332 g/mol. The molecule has 1 aromatic carbocycles. The second kappa shape index (κ2) is 7.73. The molecular formula is C15H18N4O4S. The Morgan fingerprint density at radius 3 is 2.75 bits per heavy atom. The van der Waals surface area contributed by atoms with Crippen LogP contribution >= 0.6 is 11.3 Å². The van der Waals surface area contributed by atoms with Crippen molar-refractivity contribution in [2.24, 2.45) is 5.92 Å². The fourth-order valence-corrected chi connectivity index (χ4v) is 2.73. The van der Waals surface area contributed by atoms with Crippen molar-refractivity contribution in [3.05, 3.63) is 24.3 Å². The Morgan fingerprint density at radius 2 is 2.08 bits per heavy atom. The zero-order valence-electron chi connectivity index (χ0n) is 13.5. The number of para-hydroxylation sites is 1. The predicted octanol–water partition coefficient (Wildman–Crippen LogP) is 2.40. The van der Waals surface area contributed by atoms with Crippen LogP contribution in [0.4, 0.5) is 9.93 Å². The molecule has 0 aliphatic rings. The van der Waals surface area contributed by atoms with Crippen molar-refractivity contribution in [2.75, 3.05) is 26.0 Å². The van der Waals surface area contributed by atoms with Crippen molar-refractivity contribution >= 4 is 28.5 Å². The first-order valence-electron chi connectivity index (χ1n) is 7.14. The van der Waals surface area contributed by atoms with Gasteiger partial charge in [-0.05, 0) is 12.1 Å². The number of anilines is 1. The Labute approximate surface area is 143 Å². The number of methoxy groups -OCH3 is 1. The predicted molar refractivity (Wildman–Crippen MR) is 90.3 cm³/mol. The van der Waals surface area contributed by atoms with E-state index in [0.29, 0.717) is 15.9 Å². The van der Waals surface area contributed by atoms with Crippen molar-refractivity contribution in [2.45, 2.75) is 6.92 Å². The van der Waals surface area contributed by atoms with Gasteiger partial charge in [-0.3, -0.25) is 10.1 Å². The molecule has 1 aromatic heterocycles. The maximum absolute atomic E-state index is 12.1. The van der Waals surface area contributed by atoms with Crippen molar-refractivity contribution in [1.82, 2.24) is 15.1 Å². The third-order valence-corrected chi connectivity index (χ3v) is 4.16. The molecule has 0 aliphatic heterocycles. The maximum Gasteiger partial charge on any atom is 0.323 e. The molecule has 1 atom stereocenters. The van der Waals surface area contributed by atoms with Crippen molar-refractivity contribution in [1.29, 1.82) is 0 Å². The van der Waals surface area contributed by atoms with Crippen molar-refractivity contribution in [3.8, 4) is 16.3 Å². The minimum absolute atomic E-state index is 0.0966. The highest BCUT2D eigenvalue weighted by molar-refractivity contribution is 7.18. The van der Waals surface area contributed by atoms with Crippen LogP contribution in [0.1, 0.15) is 6.92 Å². The molecule has 0 radical (unpaired) electrons. The number of hydrogen-bond donors (Lipinski definition) is 2. The van der Waals surface area contributed by atoms with Gasteiger partial charge in [-0.2, -0.15) is 0 Å². The van der Waals surface area contributed by atoms with E-state index in [4.69, 9.17) is 9.84 Å². The van der Waals surface area contributed by atoms with Crippen LogP contribution in [0.2, 0.25) is 0 Å². The molecule has 0 spiro atoms. The molecule has 0 fully saturated rings. The van der Waals surface area contributed by atoms with Gasteiger partial charge in [0.15, 0.2) is 5.01 Å². The first kappa shape index (κ1) is 17.7. The molecule has 0 saturated carbocycles. The first-order valence-corrected chi connectivity index (χ1v) is 7.95. The number of carboxylic acids is 1. The van der Waals surface area contributed by atoms with Crippen LogP contribution in [0.25, 0.3) is 10.6 Å². The number of rotatable bonds is 6. The van der Waals surface area contributed by atoms with Gasteiger partial charge in [-0.15, -0.1) is 10.2 Å². The van der Waals surface area contributed by atoms with Gasteiger partial charge in [0.2, 0.25) is 5.13 Å². The lowest BCUT2D eigenvalue weighted by Crippen LogP contribution is -2.36. The summed E-state index contributed by atoms with van der Waals surface area (Å²) in [5.74, 6) is -0.942. The molecule has 24 heavy (non-hydrogen) atoms. The number of carboxylic acid groups (broad SMARTS) is 1. The summed E-state index contributed by atoms with van der Waals surface area (Å²) in [6, 6.07) is 6.94. The zero-order chi connectivity index (χ0) is 17.7. The molecule has 8 nitrogen and oxygen atoms in total. The second-order valence-electron chi connectivity index (χ2n) is 5.16. The average Bonchev–Trinajstić information content (AvgIpc) is 3.02. The SMILES string of the molecule is COc1ccccc1-c1nnc(NC(=O)N(C)CC(C)C(=O)O)s1. The number of urea groups is 1. The summed E-state index contributed by atoms with van der Waals surface area (Å²) in [5.41, 5.74) is 0.783. The normalized spacial score (nSPS) is 11.6. The first-order chi connectivity index (χ1) is 11.4. The van der Waals surface area contributed by atoms with Gasteiger partial charge >= 0.3 is 12.0 Å². The van der Waals surface area contributed by atoms with E-state index >= 15 is 0 Å². The summed E-state index contributed by atoms with van der Waals surface area (Å²) in [6.07, 6.45) is 0. The topological polar surface area (TPSA) is 105 Å². The number of aromatic nitrogens is 2. The number of nitrogens with zero attached hydrogens (tertiary/aromatic N) is 3. The molecule has 1 heterocycles. The highest BCUT2D eigenvalue weighted by Crippen LogP contribution is 2.33. The van der Waals surface area contributed by atoms with E-state index in [2.05, 4.69) is 15.5 Å². The minimum atomic E-state index is -0.955. The van der Waals surface area contributed by atoms with E-state index in [-0.39, 0.29) is 6.54 Å². The smallest absolute Gasteiger partial charge is 0.323 e. The summed E-state index contributed by atoms with van der Waals surface area (Å²) < 4.78 is 5.28. The number of nitrogens with one attached hydrogen (secondary N) is 1. The van der Waals surface area contributed by atoms with E-state index in [9.17, 15) is 9.59 Å². The van der Waals surface area contributed by atoms with Gasteiger partial charge in [0.25, 0.3) is 0 Å². The van der Waals surface area contributed by atoms with Crippen LogP contribution in [-0.4, -0.2) is 52.9 Å². The largest absolute Gasteiger partial charge is 0.496 e. The molecule has 128 valence electrons. The number of hydrogen-bond acceptors (Lipinski definition) is 6. The Bertz CT molecular complexity index is 734. The molecule has 2 amide bonds. The summed E-state index contributed by atoms with van der Waals surface area (Å²) in [4.78, 5) is 24.2. The number of aliphatic carboxylic acids is 1. The Morgan fingerprint density at radius 1 is 1.38 bits per heavy atom. The fourth-order valence-electron chi connectivity index (χ4n) is 1.96. The highest BCUT2D eigenvalue weighted by atomic mass is 32.1. The Kier molecular flexibility index (Phi) is 5.69. The fraction of sp³-hybridized carbons (Fsp3) is 0.333. The van der Waals surface area contributed by atoms with Crippen LogP contribution in [0, 0.1) is 5.92 Å². The van der Waals surface area contributed by atoms with Crippen LogP contribution in [0.5, 0.6) is 5.75 Å². The van der Waals surface area contributed by atoms with Gasteiger partial charge in [0.05, 0.1) is 18.6 Å². The lowest BCUT2D eigenvalue weighted by atomic mass is 10.2. The Balaban J connectivity index is 2.06. The molecule has 0 aliphatic carbocycles. The lowest BCUT2D eigenvalue weighted by Gasteiger charge is -2.18. The third kappa shape index (κ3) is 4.19. The number of amides is 2. The zero-order valence-corrected chi connectivity index (χ0v) is 14.3. The van der Waals surface area contributed by atoms with E-state index in [1.165, 1.54) is 30.2 Å². The highest BCUT2D eigenvalue weighted by Gasteiger charge is 2.19. The maximum atomic E-state index is 12.1. The van der Waals surface area contributed by atoms with Crippen LogP contribution in [-0.2, 0) is 4.79 Å². The summed E-state index contributed by atoms with van der Waals surface area (Å²) >= 11 is 1.21. The quantitative estimate of drug-likeness (QED) is 0.829. The van der Waals surface area contributed by atoms with Gasteiger partial charge in [-0.25, -0.2) is 4.79 Å². The average molecular weight is 350 g/mol. The van der Waals surface area contributed by atoms with Gasteiger partial charge < -0.3 is 14.7 Å². The van der Waals surface area contributed by atoms with Crippen molar-refractivity contribution < 1.29 is 19.4 Å². The molecule has 1 unspecified atom stereocenters. The molecule has 9 heteroatoms. The standard InChI is InChI=1S/C15H18N4O4S/c1-9(13(20)21)8-19(2)15(22)16-14-18-17-12(24-14)10-6-4-5-7-11(10)23-3/h4-7,9H,8H2,1-3H3,(H,20,21)(H,16,18,22). The number of benzene rings is 1. The molecule has 2 N–H and O–H groups in total. The molecule has 2 rings (SSSR count). The number of carbonyl (C=O) groups excluding carboxylic acids is 1. The van der Waals surface area contributed by atoms with Crippen LogP contribution in [0.3, 0.4) is 0 Å². The van der Waals surface area contributed by atoms with Crippen LogP contribution < -0.4 is 10.1 Å². The Hall–Kier alpha value is -2.68. The van der Waals surface area contributed by atoms with Crippen molar-refractivity contribution in [3.63, 3.8) is 0 Å². The monoisotopic (exact) mass is 350 g/mol. The van der Waals surface area contributed by atoms with Crippen LogP contribution in [0.15, 0.2) is 24.3 Å². The third-order valence-electron chi connectivity index (χ3n) is 3.29. The number of carbonyl (C=O) groups is 2. The second-order valence-corrected chi connectivity index (χ2v) is 6.14. The lowest BCUT2D eigenvalue weighted by molar-refractivity contribution is -0.141. The molecule has 0 bridgehead atoms. The van der Waals surface area contributed by atoms with Gasteiger partial charge in [0.1, 0.15) is 5.75 Å². The van der Waals surface area contributed by atoms with Gasteiger partial charge in [-0.1, -0.05) is 30.4 Å². The van der Waals surface area contributed by atoms with Gasteiger partial charge in [0, 0.05) is 13.6 Å². The summed E-state index contributed by atoms with van der Waals surface area (Å²) in [7, 11) is 3.10. The molecule has 0 saturated heterocycles. The van der Waals surface area contributed by atoms with E-state index < -0.39 is 17.9 Å².